The lowest BCUT2D eigenvalue weighted by Gasteiger charge is -2.30. The van der Waals surface area contributed by atoms with Crippen molar-refractivity contribution < 1.29 is 19.8 Å². The van der Waals surface area contributed by atoms with Crippen LogP contribution in [0, 0.1) is 5.41 Å². The number of benzene rings is 3. The highest BCUT2D eigenvalue weighted by atomic mass is 32.1. The fourth-order valence-corrected chi connectivity index (χ4v) is 7.30. The average molecular weight is 610 g/mol. The minimum atomic E-state index is -1.84. The highest BCUT2D eigenvalue weighted by Gasteiger charge is 2.50. The molecule has 44 heavy (non-hydrogen) atoms. The maximum atomic E-state index is 12.4. The van der Waals surface area contributed by atoms with Gasteiger partial charge >= 0.3 is 11.9 Å². The molecule has 0 amide bonds. The lowest BCUT2D eigenvalue weighted by molar-refractivity contribution is -0.165. The lowest BCUT2D eigenvalue weighted by atomic mass is 9.72. The van der Waals surface area contributed by atoms with Gasteiger partial charge in [-0.2, -0.15) is 0 Å². The van der Waals surface area contributed by atoms with E-state index in [0.717, 1.165) is 78.2 Å². The Kier molecular flexibility index (Phi) is 10.3. The molecule has 0 saturated carbocycles. The van der Waals surface area contributed by atoms with Crippen molar-refractivity contribution in [3.05, 3.63) is 106 Å². The zero-order chi connectivity index (χ0) is 31.1. The third kappa shape index (κ3) is 6.51. The van der Waals surface area contributed by atoms with Gasteiger partial charge in [-0.15, -0.1) is 0 Å². The molecule has 6 heteroatoms. The minimum absolute atomic E-state index is 0.0388. The van der Waals surface area contributed by atoms with E-state index in [4.69, 9.17) is 12.2 Å². The Hall–Kier alpha value is -3.77. The van der Waals surface area contributed by atoms with E-state index in [0.29, 0.717) is 11.4 Å². The molecule has 3 aromatic carbocycles. The maximum Gasteiger partial charge on any atom is 0.321 e. The van der Waals surface area contributed by atoms with Gasteiger partial charge in [0.05, 0.1) is 5.52 Å². The molecule has 230 valence electrons. The molecule has 0 spiro atoms. The van der Waals surface area contributed by atoms with E-state index in [2.05, 4.69) is 72.2 Å². The number of aryl methyl sites for hydroxylation is 3. The van der Waals surface area contributed by atoms with Gasteiger partial charge in [0.15, 0.2) is 5.41 Å². The first kappa shape index (κ1) is 31.6. The Bertz CT molecular complexity index is 1620. The molecule has 0 saturated heterocycles. The quantitative estimate of drug-likeness (QED) is 0.0850. The van der Waals surface area contributed by atoms with Crippen LogP contribution in [0.2, 0.25) is 0 Å². The Morgan fingerprint density at radius 2 is 1.41 bits per heavy atom. The number of carboxylic acid groups (broad SMARTS) is 2. The molecule has 1 aliphatic carbocycles. The number of hydrogen-bond donors (Lipinski definition) is 2. The fourth-order valence-electron chi connectivity index (χ4n) is 6.89. The number of aromatic nitrogens is 1. The Morgan fingerprint density at radius 3 is 2.14 bits per heavy atom. The van der Waals surface area contributed by atoms with Crippen molar-refractivity contribution in [2.24, 2.45) is 5.41 Å². The van der Waals surface area contributed by atoms with Crippen molar-refractivity contribution in [3.63, 3.8) is 0 Å². The van der Waals surface area contributed by atoms with Gasteiger partial charge in [0, 0.05) is 23.1 Å². The average Bonchev–Trinajstić information content (AvgIpc) is 3.37. The Morgan fingerprint density at radius 1 is 0.773 bits per heavy atom. The van der Waals surface area contributed by atoms with Crippen LogP contribution in [-0.4, -0.2) is 31.7 Å². The summed E-state index contributed by atoms with van der Waals surface area (Å²) in [5.74, 6) is -2.54. The van der Waals surface area contributed by atoms with Crippen LogP contribution in [0.5, 0.6) is 0 Å². The molecule has 4 aromatic rings. The van der Waals surface area contributed by atoms with Gasteiger partial charge < -0.3 is 14.8 Å². The van der Waals surface area contributed by atoms with Gasteiger partial charge in [-0.3, -0.25) is 9.59 Å². The van der Waals surface area contributed by atoms with E-state index in [-0.39, 0.29) is 12.8 Å². The number of carboxylic acids is 2. The van der Waals surface area contributed by atoms with Crippen LogP contribution < -0.4 is 0 Å². The van der Waals surface area contributed by atoms with E-state index < -0.39 is 17.4 Å². The van der Waals surface area contributed by atoms with Crippen LogP contribution >= 0.6 is 12.2 Å². The second-order valence-corrected chi connectivity index (χ2v) is 12.6. The van der Waals surface area contributed by atoms with Crippen LogP contribution in [0.3, 0.4) is 0 Å². The number of aliphatic carboxylic acids is 2. The summed E-state index contributed by atoms with van der Waals surface area (Å²) < 4.78 is 2.14. The number of fused-ring (bicyclic) bond motifs is 3. The normalized spacial score (nSPS) is 13.9. The summed E-state index contributed by atoms with van der Waals surface area (Å²) in [7, 11) is 0. The second kappa shape index (κ2) is 14.3. The number of rotatable bonds is 14. The standard InChI is InChI=1S/C38H43NO4S/c1-2-3-4-10-18-28-19-12-13-22-30(28)35(44)39-32-24-25-38(36(40)41,37(42)43)26-31(32)34-29(21-14-23-33(34)39)20-11-6-9-17-27-15-7-5-8-16-27/h5,7-8,12-16,19,21-23H,2-4,6,9-11,17-18,20,24-26H2,1H3,(H,40,41)(H,42,43). The molecular weight excluding hydrogens is 566 g/mol. The molecule has 0 atom stereocenters. The molecule has 0 unspecified atom stereocenters. The predicted octanol–water partition coefficient (Wildman–Crippen LogP) is 8.59. The van der Waals surface area contributed by atoms with Gasteiger partial charge in [0.2, 0.25) is 0 Å². The number of nitrogens with zero attached hydrogens (tertiary/aromatic N) is 1. The fraction of sp³-hybridized carbons (Fsp3) is 0.395. The van der Waals surface area contributed by atoms with E-state index in [1.54, 1.807) is 0 Å². The maximum absolute atomic E-state index is 12.4. The molecule has 2 N–H and O–H groups in total. The molecule has 1 aromatic heterocycles. The third-order valence-electron chi connectivity index (χ3n) is 9.38. The molecule has 5 rings (SSSR count). The summed E-state index contributed by atoms with van der Waals surface area (Å²) in [6.45, 7) is 2.21. The van der Waals surface area contributed by atoms with Crippen molar-refractivity contribution >= 4 is 40.0 Å². The number of unbranched alkanes of at least 4 members (excludes halogenated alkanes) is 5. The van der Waals surface area contributed by atoms with Gasteiger partial charge in [0.1, 0.15) is 4.99 Å². The lowest BCUT2D eigenvalue weighted by Crippen LogP contribution is -2.44. The highest BCUT2D eigenvalue weighted by molar-refractivity contribution is 7.80. The molecule has 0 aliphatic heterocycles. The van der Waals surface area contributed by atoms with Gasteiger partial charge in [-0.25, -0.2) is 0 Å². The third-order valence-corrected chi connectivity index (χ3v) is 9.78. The smallest absolute Gasteiger partial charge is 0.321 e. The number of carbonyl (C=O) groups is 2. The molecule has 5 nitrogen and oxygen atoms in total. The molecular formula is C38H43NO4S. The SMILES string of the molecule is CCCCCCc1ccccc1C(=S)n1c2c(c3c(CCCCCc4ccccc4)cccc31)CC(C(=O)O)(C(=O)O)CC2. The number of thiocarbonyl (C=S) groups is 1. The Labute approximate surface area is 265 Å². The van der Waals surface area contributed by atoms with E-state index in [9.17, 15) is 19.8 Å². The van der Waals surface area contributed by atoms with Crippen LogP contribution in [0.15, 0.2) is 72.8 Å². The zero-order valence-electron chi connectivity index (χ0n) is 25.7. The predicted molar refractivity (Wildman–Crippen MR) is 181 cm³/mol. The van der Waals surface area contributed by atoms with Crippen LogP contribution in [-0.2, 0) is 41.7 Å². The van der Waals surface area contributed by atoms with Crippen LogP contribution in [0.4, 0.5) is 0 Å². The highest BCUT2D eigenvalue weighted by Crippen LogP contribution is 2.43. The van der Waals surface area contributed by atoms with Crippen LogP contribution in [0.25, 0.3) is 10.9 Å². The van der Waals surface area contributed by atoms with E-state index in [1.165, 1.54) is 30.4 Å². The van der Waals surface area contributed by atoms with Crippen molar-refractivity contribution in [2.45, 2.75) is 90.4 Å². The van der Waals surface area contributed by atoms with Gasteiger partial charge in [0.25, 0.3) is 0 Å². The summed E-state index contributed by atoms with van der Waals surface area (Å²) in [6.07, 6.45) is 11.0. The van der Waals surface area contributed by atoms with Crippen molar-refractivity contribution in [1.82, 2.24) is 4.57 Å². The van der Waals surface area contributed by atoms with Crippen molar-refractivity contribution in [1.29, 1.82) is 0 Å². The summed E-state index contributed by atoms with van der Waals surface area (Å²) in [5, 5.41) is 21.3. The van der Waals surface area contributed by atoms with Crippen molar-refractivity contribution in [2.75, 3.05) is 0 Å². The first-order valence-electron chi connectivity index (χ1n) is 16.1. The molecule has 0 radical (unpaired) electrons. The number of hydrogen-bond acceptors (Lipinski definition) is 3. The Balaban J connectivity index is 1.51. The topological polar surface area (TPSA) is 79.5 Å². The van der Waals surface area contributed by atoms with E-state index in [1.807, 2.05) is 12.1 Å². The largest absolute Gasteiger partial charge is 0.480 e. The van der Waals surface area contributed by atoms with Gasteiger partial charge in [-0.1, -0.05) is 112 Å². The monoisotopic (exact) mass is 609 g/mol. The van der Waals surface area contributed by atoms with Crippen LogP contribution in [0.1, 0.15) is 91.8 Å². The summed E-state index contributed by atoms with van der Waals surface area (Å²) in [6, 6.07) is 25.1. The summed E-state index contributed by atoms with van der Waals surface area (Å²) in [5.41, 5.74) is 5.64. The minimum Gasteiger partial charge on any atom is -0.480 e. The van der Waals surface area contributed by atoms with Gasteiger partial charge in [-0.05, 0) is 79.7 Å². The summed E-state index contributed by atoms with van der Waals surface area (Å²) >= 11 is 6.25. The molecule has 1 aliphatic rings. The first-order valence-corrected chi connectivity index (χ1v) is 16.6. The second-order valence-electron chi connectivity index (χ2n) is 12.3. The first-order chi connectivity index (χ1) is 21.4. The molecule has 0 bridgehead atoms. The van der Waals surface area contributed by atoms with Crippen molar-refractivity contribution in [3.8, 4) is 0 Å². The molecule has 1 heterocycles. The molecule has 0 fully saturated rings. The summed E-state index contributed by atoms with van der Waals surface area (Å²) in [4.78, 5) is 25.6. The van der Waals surface area contributed by atoms with E-state index >= 15 is 0 Å². The zero-order valence-corrected chi connectivity index (χ0v) is 26.5.